The molecule has 7 heteroatoms. The number of benzene rings is 2. The number of fused-ring (bicyclic) bond motifs is 2. The molecule has 2 saturated heterocycles. The lowest BCUT2D eigenvalue weighted by Crippen LogP contribution is -2.70. The van der Waals surface area contributed by atoms with E-state index >= 15 is 0 Å². The molecular formula is C23H20BrN3O2S. The molecule has 0 spiro atoms. The number of hydrogen-bond acceptors (Lipinski definition) is 4. The average molecular weight is 482 g/mol. The molecule has 2 amide bonds. The van der Waals surface area contributed by atoms with Crippen molar-refractivity contribution in [3.63, 3.8) is 0 Å². The molecule has 0 bridgehead atoms. The minimum Gasteiger partial charge on any atom is -0.335 e. The van der Waals surface area contributed by atoms with E-state index in [1.807, 2.05) is 52.3 Å². The molecule has 6 rings (SSSR count). The fourth-order valence-electron chi connectivity index (χ4n) is 4.67. The van der Waals surface area contributed by atoms with Crippen LogP contribution in [0.15, 0.2) is 53.0 Å². The second-order valence-corrected chi connectivity index (χ2v) is 10.4. The summed E-state index contributed by atoms with van der Waals surface area (Å²) in [5, 5.41) is 1.12. The number of carbonyl (C=O) groups excluding carboxylic acids is 2. The monoisotopic (exact) mass is 481 g/mol. The summed E-state index contributed by atoms with van der Waals surface area (Å²) in [6.45, 7) is 4.09. The normalized spacial score (nSPS) is 19.8. The molecule has 2 fully saturated rings. The third kappa shape index (κ3) is 2.91. The summed E-state index contributed by atoms with van der Waals surface area (Å²) in [7, 11) is 0. The zero-order chi connectivity index (χ0) is 20.4. The van der Waals surface area contributed by atoms with E-state index in [1.165, 1.54) is 0 Å². The summed E-state index contributed by atoms with van der Waals surface area (Å²) in [5.41, 5.74) is 1.99. The first kappa shape index (κ1) is 18.5. The van der Waals surface area contributed by atoms with E-state index in [0.29, 0.717) is 6.04 Å². The predicted octanol–water partition coefficient (Wildman–Crippen LogP) is 3.83. The van der Waals surface area contributed by atoms with Crippen molar-refractivity contribution in [1.29, 1.82) is 0 Å². The smallest absolute Gasteiger partial charge is 0.264 e. The Morgan fingerprint density at radius 1 is 1.00 bits per heavy atom. The maximum Gasteiger partial charge on any atom is 0.264 e. The number of amides is 2. The highest BCUT2D eigenvalue weighted by atomic mass is 79.9. The van der Waals surface area contributed by atoms with Gasteiger partial charge in [0.2, 0.25) is 0 Å². The number of thiophene rings is 1. The molecule has 0 radical (unpaired) electrons. The predicted molar refractivity (Wildman–Crippen MR) is 121 cm³/mol. The summed E-state index contributed by atoms with van der Waals surface area (Å²) < 4.78 is 2.17. The van der Waals surface area contributed by atoms with E-state index in [9.17, 15) is 9.59 Å². The molecule has 1 aromatic heterocycles. The number of rotatable bonds is 3. The number of likely N-dealkylation sites (tertiary alicyclic amines) is 2. The summed E-state index contributed by atoms with van der Waals surface area (Å²) in [5.74, 6) is 0.294. The van der Waals surface area contributed by atoms with Crippen LogP contribution in [0, 0.1) is 0 Å². The Bertz CT molecular complexity index is 1180. The molecule has 0 atom stereocenters. The minimum absolute atomic E-state index is 0.130. The van der Waals surface area contributed by atoms with E-state index in [-0.39, 0.29) is 17.9 Å². The van der Waals surface area contributed by atoms with E-state index in [4.69, 9.17) is 0 Å². The lowest BCUT2D eigenvalue weighted by Gasteiger charge is -2.53. The van der Waals surface area contributed by atoms with E-state index < -0.39 is 0 Å². The zero-order valence-electron chi connectivity index (χ0n) is 16.3. The van der Waals surface area contributed by atoms with Gasteiger partial charge in [0.25, 0.3) is 11.8 Å². The van der Waals surface area contributed by atoms with Crippen LogP contribution in [-0.2, 0) is 6.54 Å². The van der Waals surface area contributed by atoms with Crippen molar-refractivity contribution >= 4 is 49.2 Å². The molecule has 4 heterocycles. The molecule has 152 valence electrons. The Labute approximate surface area is 187 Å². The molecule has 3 aliphatic heterocycles. The van der Waals surface area contributed by atoms with E-state index in [0.717, 1.165) is 63.3 Å². The van der Waals surface area contributed by atoms with Crippen LogP contribution in [-0.4, -0.2) is 64.8 Å². The maximum absolute atomic E-state index is 12.9. The Hall–Kier alpha value is -2.22. The zero-order valence-corrected chi connectivity index (χ0v) is 18.7. The molecule has 5 nitrogen and oxygen atoms in total. The van der Waals surface area contributed by atoms with Gasteiger partial charge >= 0.3 is 0 Å². The van der Waals surface area contributed by atoms with Gasteiger partial charge in [-0.05, 0) is 35.2 Å². The molecule has 0 aliphatic carbocycles. The summed E-state index contributed by atoms with van der Waals surface area (Å²) in [6.07, 6.45) is 0. The van der Waals surface area contributed by atoms with Crippen molar-refractivity contribution in [1.82, 2.24) is 14.7 Å². The lowest BCUT2D eigenvalue weighted by atomic mass is 9.98. The Morgan fingerprint density at radius 3 is 2.60 bits per heavy atom. The van der Waals surface area contributed by atoms with Gasteiger partial charge in [0, 0.05) is 53.5 Å². The van der Waals surface area contributed by atoms with Gasteiger partial charge in [0.05, 0.1) is 10.9 Å². The molecular weight excluding hydrogens is 462 g/mol. The van der Waals surface area contributed by atoms with E-state index in [2.05, 4.69) is 26.9 Å². The van der Waals surface area contributed by atoms with Crippen LogP contribution in [0.3, 0.4) is 0 Å². The highest BCUT2D eigenvalue weighted by molar-refractivity contribution is 9.10. The minimum atomic E-state index is 0.130. The van der Waals surface area contributed by atoms with Crippen LogP contribution in [0.1, 0.15) is 25.6 Å². The van der Waals surface area contributed by atoms with Crippen LogP contribution < -0.4 is 0 Å². The second kappa shape index (κ2) is 6.90. The second-order valence-electron chi connectivity index (χ2n) is 8.35. The molecule has 0 unspecified atom stereocenters. The van der Waals surface area contributed by atoms with Gasteiger partial charge in [-0.3, -0.25) is 14.5 Å². The molecule has 0 saturated carbocycles. The standard InChI is InChI=1S/C23H20BrN3O2S/c24-16-6-5-14-7-21(30-20(14)8-16)23(29)26-10-17(11-26)25-12-18(13-25)27-9-15-3-1-2-4-19(15)22(27)28/h1-8,17-18H,9-13H2. The van der Waals surface area contributed by atoms with Crippen molar-refractivity contribution in [2.75, 3.05) is 26.2 Å². The van der Waals surface area contributed by atoms with Gasteiger partial charge in [-0.25, -0.2) is 0 Å². The average Bonchev–Trinajstić information content (AvgIpc) is 3.23. The third-order valence-corrected chi connectivity index (χ3v) is 8.12. The van der Waals surface area contributed by atoms with Crippen molar-refractivity contribution in [3.05, 3.63) is 69.0 Å². The van der Waals surface area contributed by atoms with Gasteiger partial charge in [-0.15, -0.1) is 11.3 Å². The largest absolute Gasteiger partial charge is 0.335 e. The molecule has 3 aromatic rings. The Kier molecular flexibility index (Phi) is 4.27. The summed E-state index contributed by atoms with van der Waals surface area (Å²) in [4.78, 5) is 32.7. The highest BCUT2D eigenvalue weighted by Crippen LogP contribution is 2.33. The van der Waals surface area contributed by atoms with Crippen molar-refractivity contribution in [3.8, 4) is 0 Å². The van der Waals surface area contributed by atoms with Crippen molar-refractivity contribution < 1.29 is 9.59 Å². The number of hydrogen-bond donors (Lipinski definition) is 0. The van der Waals surface area contributed by atoms with Gasteiger partial charge in [0.15, 0.2) is 0 Å². The first-order chi connectivity index (χ1) is 14.6. The molecule has 3 aliphatic rings. The molecule has 30 heavy (non-hydrogen) atoms. The van der Waals surface area contributed by atoms with Crippen LogP contribution in [0.2, 0.25) is 0 Å². The first-order valence-electron chi connectivity index (χ1n) is 10.2. The fraction of sp³-hybridized carbons (Fsp3) is 0.304. The number of halogens is 1. The van der Waals surface area contributed by atoms with Crippen LogP contribution in [0.25, 0.3) is 10.1 Å². The van der Waals surface area contributed by atoms with Gasteiger partial charge < -0.3 is 9.80 Å². The van der Waals surface area contributed by atoms with Gasteiger partial charge in [0.1, 0.15) is 0 Å². The third-order valence-electron chi connectivity index (χ3n) is 6.54. The van der Waals surface area contributed by atoms with Crippen molar-refractivity contribution in [2.24, 2.45) is 0 Å². The van der Waals surface area contributed by atoms with Crippen LogP contribution in [0.5, 0.6) is 0 Å². The van der Waals surface area contributed by atoms with Crippen LogP contribution >= 0.6 is 27.3 Å². The molecule has 0 N–H and O–H groups in total. The van der Waals surface area contributed by atoms with Gasteiger partial charge in [-0.2, -0.15) is 0 Å². The van der Waals surface area contributed by atoms with Crippen molar-refractivity contribution in [2.45, 2.75) is 18.6 Å². The maximum atomic E-state index is 12.9. The number of nitrogens with zero attached hydrogens (tertiary/aromatic N) is 3. The Balaban J connectivity index is 1.04. The number of carbonyl (C=O) groups is 2. The Morgan fingerprint density at radius 2 is 1.80 bits per heavy atom. The van der Waals surface area contributed by atoms with Gasteiger partial charge in [-0.1, -0.05) is 40.2 Å². The summed E-state index contributed by atoms with van der Waals surface area (Å²) in [6, 6.07) is 16.7. The quantitative estimate of drug-likeness (QED) is 0.570. The molecule has 2 aromatic carbocycles. The topological polar surface area (TPSA) is 43.9 Å². The first-order valence-corrected chi connectivity index (χ1v) is 11.8. The fourth-order valence-corrected chi connectivity index (χ4v) is 6.26. The lowest BCUT2D eigenvalue weighted by molar-refractivity contribution is -0.0363. The van der Waals surface area contributed by atoms with Crippen LogP contribution in [0.4, 0.5) is 0 Å². The van der Waals surface area contributed by atoms with E-state index in [1.54, 1.807) is 11.3 Å². The SMILES string of the molecule is O=C(c1cc2ccc(Br)cc2s1)N1CC(N2CC(N3Cc4ccccc4C3=O)C2)C1. The summed E-state index contributed by atoms with van der Waals surface area (Å²) >= 11 is 5.05. The highest BCUT2D eigenvalue weighted by Gasteiger charge is 2.45.